The molecule has 2 aromatic carbocycles. The Morgan fingerprint density at radius 1 is 0.968 bits per heavy atom. The Kier molecular flexibility index (Phi) is 6.35. The van der Waals surface area contributed by atoms with Crippen LogP contribution < -0.4 is 5.32 Å². The molecule has 1 saturated carbocycles. The molecule has 0 spiro atoms. The number of para-hydroxylation sites is 1. The maximum Gasteiger partial charge on any atom is 0.312 e. The smallest absolute Gasteiger partial charge is 0.312 e. The third-order valence-corrected chi connectivity index (χ3v) is 6.34. The van der Waals surface area contributed by atoms with E-state index in [4.69, 9.17) is 0 Å². The van der Waals surface area contributed by atoms with Gasteiger partial charge in [-0.3, -0.25) is 14.4 Å². The van der Waals surface area contributed by atoms with E-state index in [9.17, 15) is 14.4 Å². The molecule has 1 N–H and O–H groups in total. The van der Waals surface area contributed by atoms with Crippen LogP contribution in [0.3, 0.4) is 0 Å². The SMILES string of the molecule is CCc1ccccc1NC(=O)c1ccc(CN2CCN(C3CCCC3)C(=O)C2=O)cc1. The van der Waals surface area contributed by atoms with Crippen molar-refractivity contribution < 1.29 is 14.4 Å². The summed E-state index contributed by atoms with van der Waals surface area (Å²) in [7, 11) is 0. The predicted molar refractivity (Wildman–Crippen MR) is 120 cm³/mol. The molecule has 2 aliphatic rings. The van der Waals surface area contributed by atoms with Gasteiger partial charge >= 0.3 is 11.8 Å². The first-order valence-electron chi connectivity index (χ1n) is 11.1. The molecular formula is C25H29N3O3. The number of anilines is 1. The Hall–Kier alpha value is -3.15. The standard InChI is InChI=1S/C25H29N3O3/c1-2-19-7-3-6-10-22(19)26-23(29)20-13-11-18(12-14-20)17-27-15-16-28(25(31)24(27)30)21-8-4-5-9-21/h3,6-7,10-14,21H,2,4-5,8-9,15-17H2,1H3,(H,26,29). The fraction of sp³-hybridized carbons (Fsp3) is 0.400. The number of nitrogens with one attached hydrogen (secondary N) is 1. The first kappa shape index (κ1) is 21.1. The second-order valence-electron chi connectivity index (χ2n) is 8.33. The summed E-state index contributed by atoms with van der Waals surface area (Å²) in [5.74, 6) is -0.955. The van der Waals surface area contributed by atoms with E-state index >= 15 is 0 Å². The van der Waals surface area contributed by atoms with Crippen LogP contribution in [0.4, 0.5) is 5.69 Å². The third-order valence-electron chi connectivity index (χ3n) is 6.34. The second kappa shape index (κ2) is 9.33. The number of rotatable bonds is 6. The average Bonchev–Trinajstić information content (AvgIpc) is 3.32. The normalized spacial score (nSPS) is 17.3. The van der Waals surface area contributed by atoms with Crippen LogP contribution in [-0.2, 0) is 22.6 Å². The molecule has 1 heterocycles. The summed E-state index contributed by atoms with van der Waals surface area (Å²) in [6.45, 7) is 3.59. The average molecular weight is 420 g/mol. The van der Waals surface area contributed by atoms with Crippen molar-refractivity contribution in [2.75, 3.05) is 18.4 Å². The predicted octanol–water partition coefficient (Wildman–Crippen LogP) is 3.61. The van der Waals surface area contributed by atoms with Crippen LogP contribution in [0.5, 0.6) is 0 Å². The van der Waals surface area contributed by atoms with Gasteiger partial charge in [0.25, 0.3) is 5.91 Å². The van der Waals surface area contributed by atoms with E-state index in [0.29, 0.717) is 25.2 Å². The van der Waals surface area contributed by atoms with E-state index in [2.05, 4.69) is 12.2 Å². The summed E-state index contributed by atoms with van der Waals surface area (Å²) in [5, 5.41) is 2.97. The minimum atomic E-state index is -0.420. The molecule has 0 unspecified atom stereocenters. The Morgan fingerprint density at radius 3 is 2.39 bits per heavy atom. The molecular weight excluding hydrogens is 390 g/mol. The van der Waals surface area contributed by atoms with Gasteiger partial charge in [0, 0.05) is 36.9 Å². The molecule has 0 aromatic heterocycles. The first-order chi connectivity index (χ1) is 15.1. The van der Waals surface area contributed by atoms with Gasteiger partial charge in [0.15, 0.2) is 0 Å². The van der Waals surface area contributed by atoms with E-state index in [-0.39, 0.29) is 17.9 Å². The molecule has 1 aliphatic heterocycles. The fourth-order valence-corrected chi connectivity index (χ4v) is 4.53. The lowest BCUT2D eigenvalue weighted by molar-refractivity contribution is -0.158. The van der Waals surface area contributed by atoms with Crippen LogP contribution in [0.1, 0.15) is 54.1 Å². The van der Waals surface area contributed by atoms with Crippen molar-refractivity contribution >= 4 is 23.4 Å². The van der Waals surface area contributed by atoms with Crippen LogP contribution in [0.2, 0.25) is 0 Å². The highest BCUT2D eigenvalue weighted by Crippen LogP contribution is 2.25. The summed E-state index contributed by atoms with van der Waals surface area (Å²) < 4.78 is 0. The fourth-order valence-electron chi connectivity index (χ4n) is 4.53. The lowest BCUT2D eigenvalue weighted by atomic mass is 10.1. The number of carbonyl (C=O) groups is 3. The molecule has 1 aliphatic carbocycles. The van der Waals surface area contributed by atoms with Gasteiger partial charge in [0.05, 0.1) is 0 Å². The largest absolute Gasteiger partial charge is 0.330 e. The van der Waals surface area contributed by atoms with E-state index in [1.165, 1.54) is 0 Å². The van der Waals surface area contributed by atoms with E-state index < -0.39 is 5.91 Å². The lowest BCUT2D eigenvalue weighted by Crippen LogP contribution is -2.56. The molecule has 6 nitrogen and oxygen atoms in total. The molecule has 6 heteroatoms. The van der Waals surface area contributed by atoms with Crippen molar-refractivity contribution in [2.24, 2.45) is 0 Å². The van der Waals surface area contributed by atoms with E-state index in [1.807, 2.05) is 36.4 Å². The van der Waals surface area contributed by atoms with Gasteiger partial charge in [0.2, 0.25) is 0 Å². The number of hydrogen-bond acceptors (Lipinski definition) is 3. The quantitative estimate of drug-likeness (QED) is 0.727. The molecule has 3 amide bonds. The van der Waals surface area contributed by atoms with Crippen molar-refractivity contribution in [1.29, 1.82) is 0 Å². The molecule has 4 rings (SSSR count). The van der Waals surface area contributed by atoms with Gasteiger partial charge in [0.1, 0.15) is 0 Å². The molecule has 0 bridgehead atoms. The molecule has 0 atom stereocenters. The zero-order valence-electron chi connectivity index (χ0n) is 18.0. The van der Waals surface area contributed by atoms with Gasteiger partial charge < -0.3 is 15.1 Å². The Balaban J connectivity index is 1.37. The number of benzene rings is 2. The topological polar surface area (TPSA) is 69.7 Å². The van der Waals surface area contributed by atoms with E-state index in [0.717, 1.165) is 48.9 Å². The van der Waals surface area contributed by atoms with Crippen LogP contribution in [0, 0.1) is 0 Å². The second-order valence-corrected chi connectivity index (χ2v) is 8.33. The highest BCUT2D eigenvalue weighted by molar-refractivity contribution is 6.35. The van der Waals surface area contributed by atoms with Crippen molar-refractivity contribution in [3.05, 3.63) is 65.2 Å². The maximum absolute atomic E-state index is 12.6. The van der Waals surface area contributed by atoms with E-state index in [1.54, 1.807) is 21.9 Å². The van der Waals surface area contributed by atoms with Crippen LogP contribution in [0.25, 0.3) is 0 Å². The third kappa shape index (κ3) is 4.63. The number of amides is 3. The monoisotopic (exact) mass is 419 g/mol. The van der Waals surface area contributed by atoms with Gasteiger partial charge in [-0.2, -0.15) is 0 Å². The molecule has 2 aromatic rings. The number of carbonyl (C=O) groups excluding carboxylic acids is 3. The first-order valence-corrected chi connectivity index (χ1v) is 11.1. The van der Waals surface area contributed by atoms with Crippen LogP contribution in [-0.4, -0.2) is 46.7 Å². The van der Waals surface area contributed by atoms with Crippen molar-refractivity contribution in [3.63, 3.8) is 0 Å². The molecule has 1 saturated heterocycles. The zero-order valence-corrected chi connectivity index (χ0v) is 18.0. The molecule has 2 fully saturated rings. The molecule has 162 valence electrons. The summed E-state index contributed by atoms with van der Waals surface area (Å²) >= 11 is 0. The van der Waals surface area contributed by atoms with Crippen molar-refractivity contribution in [3.8, 4) is 0 Å². The highest BCUT2D eigenvalue weighted by atomic mass is 16.2. The number of aryl methyl sites for hydroxylation is 1. The number of piperazine rings is 1. The van der Waals surface area contributed by atoms with Crippen LogP contribution in [0.15, 0.2) is 48.5 Å². The van der Waals surface area contributed by atoms with Gasteiger partial charge in [-0.05, 0) is 48.6 Å². The Labute approximate surface area is 183 Å². The maximum atomic E-state index is 12.6. The van der Waals surface area contributed by atoms with Gasteiger partial charge in [-0.25, -0.2) is 0 Å². The van der Waals surface area contributed by atoms with Crippen molar-refractivity contribution in [2.45, 2.75) is 51.6 Å². The van der Waals surface area contributed by atoms with Crippen LogP contribution >= 0.6 is 0 Å². The minimum Gasteiger partial charge on any atom is -0.330 e. The summed E-state index contributed by atoms with van der Waals surface area (Å²) in [4.78, 5) is 41.2. The molecule has 31 heavy (non-hydrogen) atoms. The van der Waals surface area contributed by atoms with Gasteiger partial charge in [-0.15, -0.1) is 0 Å². The Morgan fingerprint density at radius 2 is 1.68 bits per heavy atom. The lowest BCUT2D eigenvalue weighted by Gasteiger charge is -2.37. The summed E-state index contributed by atoms with van der Waals surface area (Å²) in [5.41, 5.74) is 3.37. The van der Waals surface area contributed by atoms with Crippen molar-refractivity contribution in [1.82, 2.24) is 9.80 Å². The number of nitrogens with zero attached hydrogens (tertiary/aromatic N) is 2. The zero-order chi connectivity index (χ0) is 21.8. The highest BCUT2D eigenvalue weighted by Gasteiger charge is 2.37. The summed E-state index contributed by atoms with van der Waals surface area (Å²) in [6.07, 6.45) is 5.12. The molecule has 0 radical (unpaired) electrons. The minimum absolute atomic E-state index is 0.163. The van der Waals surface area contributed by atoms with Gasteiger partial charge in [-0.1, -0.05) is 50.1 Å². The number of hydrogen-bond donors (Lipinski definition) is 1. The Bertz CT molecular complexity index is 964. The summed E-state index contributed by atoms with van der Waals surface area (Å²) in [6, 6.07) is 15.2.